The molecule has 1 rings (SSSR count). The Balaban J connectivity index is 0.00000400. The molecule has 0 aliphatic carbocycles. The molecule has 0 bridgehead atoms. The summed E-state index contributed by atoms with van der Waals surface area (Å²) in [6.45, 7) is 6.49. The number of benzene rings is 1. The second-order valence-corrected chi connectivity index (χ2v) is 4.61. The van der Waals surface area contributed by atoms with E-state index in [0.717, 1.165) is 12.1 Å². The standard InChI is InChI=1S/C15H24N2O3.ClH/c1-12-4-6-14(7-5-12)20-13(2)15(18)17-9-8-16-10-11-19-3;/h4-7,13,16H,8-11H2,1-3H3,(H,17,18);1H. The molecule has 0 aromatic heterocycles. The summed E-state index contributed by atoms with van der Waals surface area (Å²) in [6, 6.07) is 7.65. The highest BCUT2D eigenvalue weighted by Gasteiger charge is 2.13. The monoisotopic (exact) mass is 316 g/mol. The molecule has 5 nitrogen and oxygen atoms in total. The van der Waals surface area contributed by atoms with E-state index in [1.54, 1.807) is 14.0 Å². The third-order valence-electron chi connectivity index (χ3n) is 2.79. The summed E-state index contributed by atoms with van der Waals surface area (Å²) >= 11 is 0. The Morgan fingerprint density at radius 2 is 1.86 bits per heavy atom. The van der Waals surface area contributed by atoms with Crippen molar-refractivity contribution in [3.05, 3.63) is 29.8 Å². The van der Waals surface area contributed by atoms with Gasteiger partial charge in [0.15, 0.2) is 6.10 Å². The zero-order valence-corrected chi connectivity index (χ0v) is 13.7. The highest BCUT2D eigenvalue weighted by Crippen LogP contribution is 2.13. The van der Waals surface area contributed by atoms with Crippen molar-refractivity contribution in [2.24, 2.45) is 0 Å². The van der Waals surface area contributed by atoms with E-state index < -0.39 is 6.10 Å². The van der Waals surface area contributed by atoms with Gasteiger partial charge in [-0.1, -0.05) is 17.7 Å². The summed E-state index contributed by atoms with van der Waals surface area (Å²) in [5.74, 6) is 0.593. The van der Waals surface area contributed by atoms with Gasteiger partial charge < -0.3 is 20.1 Å². The molecule has 1 unspecified atom stereocenters. The molecule has 0 spiro atoms. The van der Waals surface area contributed by atoms with Crippen LogP contribution in [-0.2, 0) is 9.53 Å². The predicted molar refractivity (Wildman–Crippen MR) is 86.3 cm³/mol. The van der Waals surface area contributed by atoms with Crippen LogP contribution in [-0.4, -0.2) is 45.4 Å². The molecule has 1 aromatic carbocycles. The van der Waals surface area contributed by atoms with Gasteiger partial charge in [0.2, 0.25) is 0 Å². The van der Waals surface area contributed by atoms with E-state index in [9.17, 15) is 4.79 Å². The van der Waals surface area contributed by atoms with Gasteiger partial charge in [0.05, 0.1) is 6.61 Å². The number of carbonyl (C=O) groups excluding carboxylic acids is 1. The number of rotatable bonds is 9. The molecule has 2 N–H and O–H groups in total. The molecule has 6 heteroatoms. The maximum atomic E-state index is 11.8. The molecule has 1 aromatic rings. The molecule has 1 amide bonds. The van der Waals surface area contributed by atoms with Crippen molar-refractivity contribution in [1.29, 1.82) is 0 Å². The highest BCUT2D eigenvalue weighted by molar-refractivity contribution is 5.85. The SMILES string of the molecule is COCCNCCNC(=O)C(C)Oc1ccc(C)cc1.Cl. The number of amides is 1. The van der Waals surface area contributed by atoms with Gasteiger partial charge in [-0.3, -0.25) is 4.79 Å². The van der Waals surface area contributed by atoms with Crippen LogP contribution in [0.2, 0.25) is 0 Å². The summed E-state index contributed by atoms with van der Waals surface area (Å²) in [4.78, 5) is 11.8. The molecule has 0 saturated carbocycles. The van der Waals surface area contributed by atoms with Gasteiger partial charge in [-0.25, -0.2) is 0 Å². The fourth-order valence-corrected chi connectivity index (χ4v) is 1.59. The largest absolute Gasteiger partial charge is 0.481 e. The van der Waals surface area contributed by atoms with Crippen LogP contribution >= 0.6 is 12.4 Å². The van der Waals surface area contributed by atoms with Crippen molar-refractivity contribution >= 4 is 18.3 Å². The Bertz CT molecular complexity index is 398. The van der Waals surface area contributed by atoms with Crippen molar-refractivity contribution in [2.45, 2.75) is 20.0 Å². The number of carbonyl (C=O) groups is 1. The molecular formula is C15H25ClN2O3. The normalized spacial score (nSPS) is 11.4. The third-order valence-corrected chi connectivity index (χ3v) is 2.79. The Labute approximate surface area is 132 Å². The van der Waals surface area contributed by atoms with Crippen LogP contribution < -0.4 is 15.4 Å². The minimum atomic E-state index is -0.503. The lowest BCUT2D eigenvalue weighted by atomic mass is 10.2. The van der Waals surface area contributed by atoms with Gasteiger partial charge in [-0.15, -0.1) is 12.4 Å². The number of methoxy groups -OCH3 is 1. The average Bonchev–Trinajstić information content (AvgIpc) is 2.45. The Hall–Kier alpha value is -1.30. The predicted octanol–water partition coefficient (Wildman–Crippen LogP) is 1.54. The molecular weight excluding hydrogens is 292 g/mol. The Morgan fingerprint density at radius 1 is 1.19 bits per heavy atom. The summed E-state index contributed by atoms with van der Waals surface area (Å²) in [6.07, 6.45) is -0.503. The molecule has 1 atom stereocenters. The van der Waals surface area contributed by atoms with Crippen molar-refractivity contribution in [3.8, 4) is 5.75 Å². The fourth-order valence-electron chi connectivity index (χ4n) is 1.59. The lowest BCUT2D eigenvalue weighted by Gasteiger charge is -2.15. The van der Waals surface area contributed by atoms with E-state index in [0.29, 0.717) is 25.4 Å². The molecule has 0 aliphatic rings. The molecule has 21 heavy (non-hydrogen) atoms. The summed E-state index contributed by atoms with van der Waals surface area (Å²) in [5.41, 5.74) is 1.16. The van der Waals surface area contributed by atoms with Gasteiger partial charge in [0.1, 0.15) is 5.75 Å². The Kier molecular flexibility index (Phi) is 10.7. The van der Waals surface area contributed by atoms with Crippen LogP contribution in [0.4, 0.5) is 0 Å². The third kappa shape index (κ3) is 8.55. The molecule has 0 saturated heterocycles. The molecule has 0 heterocycles. The van der Waals surface area contributed by atoms with Crippen LogP contribution in [0, 0.1) is 6.92 Å². The number of halogens is 1. The number of hydrogen-bond donors (Lipinski definition) is 2. The number of hydrogen-bond acceptors (Lipinski definition) is 4. The van der Waals surface area contributed by atoms with Crippen LogP contribution in [0.5, 0.6) is 5.75 Å². The molecule has 0 fully saturated rings. The van der Waals surface area contributed by atoms with E-state index in [4.69, 9.17) is 9.47 Å². The smallest absolute Gasteiger partial charge is 0.260 e. The van der Waals surface area contributed by atoms with E-state index in [2.05, 4.69) is 10.6 Å². The van der Waals surface area contributed by atoms with E-state index in [-0.39, 0.29) is 18.3 Å². The van der Waals surface area contributed by atoms with E-state index >= 15 is 0 Å². The van der Waals surface area contributed by atoms with Crippen molar-refractivity contribution in [2.75, 3.05) is 33.4 Å². The lowest BCUT2D eigenvalue weighted by Crippen LogP contribution is -2.40. The second-order valence-electron chi connectivity index (χ2n) is 4.61. The minimum Gasteiger partial charge on any atom is -0.481 e. The maximum Gasteiger partial charge on any atom is 0.260 e. The topological polar surface area (TPSA) is 59.6 Å². The lowest BCUT2D eigenvalue weighted by molar-refractivity contribution is -0.127. The van der Waals surface area contributed by atoms with Crippen LogP contribution in [0.1, 0.15) is 12.5 Å². The first-order chi connectivity index (χ1) is 9.63. The van der Waals surface area contributed by atoms with Crippen LogP contribution in [0.25, 0.3) is 0 Å². The van der Waals surface area contributed by atoms with Gasteiger partial charge in [-0.05, 0) is 26.0 Å². The number of aryl methyl sites for hydroxylation is 1. The van der Waals surface area contributed by atoms with Gasteiger partial charge in [0.25, 0.3) is 5.91 Å². The van der Waals surface area contributed by atoms with Gasteiger partial charge >= 0.3 is 0 Å². The maximum absolute atomic E-state index is 11.8. The molecule has 120 valence electrons. The molecule has 0 aliphatic heterocycles. The second kappa shape index (κ2) is 11.4. The first-order valence-electron chi connectivity index (χ1n) is 6.84. The number of ether oxygens (including phenoxy) is 2. The van der Waals surface area contributed by atoms with Crippen molar-refractivity contribution in [3.63, 3.8) is 0 Å². The highest BCUT2D eigenvalue weighted by atomic mass is 35.5. The van der Waals surface area contributed by atoms with E-state index in [1.165, 1.54) is 0 Å². The van der Waals surface area contributed by atoms with Crippen molar-refractivity contribution < 1.29 is 14.3 Å². The zero-order valence-electron chi connectivity index (χ0n) is 12.8. The van der Waals surface area contributed by atoms with Crippen molar-refractivity contribution in [1.82, 2.24) is 10.6 Å². The van der Waals surface area contributed by atoms with Gasteiger partial charge in [0, 0.05) is 26.7 Å². The van der Waals surface area contributed by atoms with Gasteiger partial charge in [-0.2, -0.15) is 0 Å². The van der Waals surface area contributed by atoms with E-state index in [1.807, 2.05) is 31.2 Å². The van der Waals surface area contributed by atoms with Crippen LogP contribution in [0.3, 0.4) is 0 Å². The first-order valence-corrected chi connectivity index (χ1v) is 6.84. The summed E-state index contributed by atoms with van der Waals surface area (Å²) in [5, 5.41) is 5.98. The zero-order chi connectivity index (χ0) is 14.8. The summed E-state index contributed by atoms with van der Waals surface area (Å²) in [7, 11) is 1.66. The molecule has 0 radical (unpaired) electrons. The minimum absolute atomic E-state index is 0. The number of nitrogens with one attached hydrogen (secondary N) is 2. The fraction of sp³-hybridized carbons (Fsp3) is 0.533. The first kappa shape index (κ1) is 19.7. The quantitative estimate of drug-likeness (QED) is 0.678. The average molecular weight is 317 g/mol. The van der Waals surface area contributed by atoms with Crippen LogP contribution in [0.15, 0.2) is 24.3 Å². The Morgan fingerprint density at radius 3 is 2.48 bits per heavy atom. The summed E-state index contributed by atoms with van der Waals surface area (Å²) < 4.78 is 10.5.